The van der Waals surface area contributed by atoms with E-state index in [1.54, 1.807) is 4.90 Å². The van der Waals surface area contributed by atoms with Crippen LogP contribution in [0, 0.1) is 11.7 Å². The van der Waals surface area contributed by atoms with Gasteiger partial charge in [0.25, 0.3) is 0 Å². The molecule has 2 N–H and O–H groups in total. The fraction of sp³-hybridized carbons (Fsp3) is 0.190. The van der Waals surface area contributed by atoms with Gasteiger partial charge in [0.15, 0.2) is 4.34 Å². The molecule has 8 nitrogen and oxygen atoms in total. The normalized spacial score (nSPS) is 15.6. The first kappa shape index (κ1) is 21.9. The third-order valence-corrected chi connectivity index (χ3v) is 6.63. The minimum atomic E-state index is -0.482. The number of hydrogen-bond acceptors (Lipinski definition) is 7. The molecule has 1 fully saturated rings. The monoisotopic (exact) mass is 471 g/mol. The molecule has 4 rings (SSSR count). The number of para-hydroxylation sites is 1. The molecule has 0 spiro atoms. The third-order valence-electron chi connectivity index (χ3n) is 4.66. The fourth-order valence-corrected chi connectivity index (χ4v) is 4.68. The van der Waals surface area contributed by atoms with Gasteiger partial charge in [-0.05, 0) is 36.4 Å². The van der Waals surface area contributed by atoms with Crippen LogP contribution in [0.5, 0.6) is 0 Å². The van der Waals surface area contributed by atoms with Gasteiger partial charge in [-0.1, -0.05) is 41.3 Å². The van der Waals surface area contributed by atoms with Crippen molar-refractivity contribution in [3.05, 3.63) is 60.4 Å². The molecule has 1 saturated heterocycles. The summed E-state index contributed by atoms with van der Waals surface area (Å²) in [7, 11) is 0. The van der Waals surface area contributed by atoms with Crippen LogP contribution in [0.25, 0.3) is 0 Å². The van der Waals surface area contributed by atoms with Gasteiger partial charge in [0.2, 0.25) is 22.9 Å². The Kier molecular flexibility index (Phi) is 6.76. The molecule has 0 aliphatic carbocycles. The molecule has 11 heteroatoms. The zero-order valence-corrected chi connectivity index (χ0v) is 18.3. The number of hydrogen-bond donors (Lipinski definition) is 2. The molecular formula is C21H18FN5O3S2. The van der Waals surface area contributed by atoms with Crippen molar-refractivity contribution in [2.75, 3.05) is 27.8 Å². The van der Waals surface area contributed by atoms with E-state index in [4.69, 9.17) is 0 Å². The smallest absolute Gasteiger partial charge is 0.234 e. The van der Waals surface area contributed by atoms with Crippen LogP contribution >= 0.6 is 23.1 Å². The van der Waals surface area contributed by atoms with Crippen molar-refractivity contribution >= 4 is 57.3 Å². The lowest BCUT2D eigenvalue weighted by Crippen LogP contribution is -2.28. The van der Waals surface area contributed by atoms with Gasteiger partial charge in [0.05, 0.1) is 11.7 Å². The minimum absolute atomic E-state index is 0.0864. The molecule has 1 aromatic heterocycles. The molecular weight excluding hydrogens is 453 g/mol. The van der Waals surface area contributed by atoms with E-state index < -0.39 is 5.92 Å². The second-order valence-electron chi connectivity index (χ2n) is 6.95. The van der Waals surface area contributed by atoms with Crippen LogP contribution < -0.4 is 15.5 Å². The first-order valence-electron chi connectivity index (χ1n) is 9.66. The number of benzene rings is 2. The maximum atomic E-state index is 12.9. The van der Waals surface area contributed by atoms with E-state index in [-0.39, 0.29) is 35.7 Å². The van der Waals surface area contributed by atoms with Gasteiger partial charge in [-0.15, -0.1) is 10.2 Å². The quantitative estimate of drug-likeness (QED) is 0.404. The number of amides is 3. The molecule has 3 aromatic rings. The van der Waals surface area contributed by atoms with Crippen molar-refractivity contribution in [1.82, 2.24) is 10.2 Å². The number of carbonyl (C=O) groups is 3. The topological polar surface area (TPSA) is 104 Å². The Morgan fingerprint density at radius 1 is 1.09 bits per heavy atom. The van der Waals surface area contributed by atoms with Gasteiger partial charge in [0.1, 0.15) is 5.82 Å². The Bertz CT molecular complexity index is 1120. The lowest BCUT2D eigenvalue weighted by atomic mass is 10.1. The summed E-state index contributed by atoms with van der Waals surface area (Å²) < 4.78 is 13.4. The molecule has 0 bridgehead atoms. The van der Waals surface area contributed by atoms with Crippen LogP contribution in [0.4, 0.5) is 20.9 Å². The second-order valence-corrected chi connectivity index (χ2v) is 9.15. The first-order valence-corrected chi connectivity index (χ1v) is 11.5. The molecule has 1 aliphatic heterocycles. The van der Waals surface area contributed by atoms with E-state index in [2.05, 4.69) is 20.8 Å². The van der Waals surface area contributed by atoms with Gasteiger partial charge in [0, 0.05) is 24.3 Å². The summed E-state index contributed by atoms with van der Waals surface area (Å²) in [5.41, 5.74) is 1.26. The van der Waals surface area contributed by atoms with Gasteiger partial charge in [-0.3, -0.25) is 14.4 Å². The molecule has 2 aromatic carbocycles. The number of halogens is 1. The number of thioether (sulfide) groups is 1. The molecule has 0 unspecified atom stereocenters. The Hall–Kier alpha value is -3.31. The standard InChI is InChI=1S/C21H18FN5O3S2/c22-14-6-8-15(9-7-14)23-17(28)12-31-21-26-25-20(32-21)24-19(30)13-10-18(29)27(11-13)16-4-2-1-3-5-16/h1-9,13H,10-12H2,(H,23,28)(H,24,25,30)/t13-/m0/s1. The van der Waals surface area contributed by atoms with Crippen molar-refractivity contribution in [2.45, 2.75) is 10.8 Å². The van der Waals surface area contributed by atoms with E-state index in [1.807, 2.05) is 30.3 Å². The number of rotatable bonds is 7. The molecule has 32 heavy (non-hydrogen) atoms. The van der Waals surface area contributed by atoms with Crippen LogP contribution in [0.3, 0.4) is 0 Å². The summed E-state index contributed by atoms with van der Waals surface area (Å²) in [5, 5.41) is 13.6. The number of anilines is 3. The zero-order valence-electron chi connectivity index (χ0n) is 16.7. The Labute approximate surface area is 191 Å². The maximum absolute atomic E-state index is 12.9. The fourth-order valence-electron chi connectivity index (χ4n) is 3.12. The number of carbonyl (C=O) groups excluding carboxylic acids is 3. The predicted octanol–water partition coefficient (Wildman–Crippen LogP) is 3.40. The summed E-state index contributed by atoms with van der Waals surface area (Å²) in [6, 6.07) is 14.7. The zero-order chi connectivity index (χ0) is 22.5. The largest absolute Gasteiger partial charge is 0.325 e. The van der Waals surface area contributed by atoms with Crippen LogP contribution in [0.15, 0.2) is 58.9 Å². The second kappa shape index (κ2) is 9.88. The summed E-state index contributed by atoms with van der Waals surface area (Å²) in [4.78, 5) is 38.5. The van der Waals surface area contributed by atoms with E-state index in [0.717, 1.165) is 17.0 Å². The minimum Gasteiger partial charge on any atom is -0.325 e. The summed E-state index contributed by atoms with van der Waals surface area (Å²) in [6.07, 6.45) is 0.130. The third kappa shape index (κ3) is 5.48. The van der Waals surface area contributed by atoms with Gasteiger partial charge >= 0.3 is 0 Å². The maximum Gasteiger partial charge on any atom is 0.234 e. The average Bonchev–Trinajstić information content (AvgIpc) is 3.41. The highest BCUT2D eigenvalue weighted by atomic mass is 32.2. The highest BCUT2D eigenvalue weighted by Crippen LogP contribution is 2.28. The average molecular weight is 472 g/mol. The highest BCUT2D eigenvalue weighted by molar-refractivity contribution is 8.01. The SMILES string of the molecule is O=C(CSc1nnc(NC(=O)[C@H]2CC(=O)N(c3ccccc3)C2)s1)Nc1ccc(F)cc1. The summed E-state index contributed by atoms with van der Waals surface area (Å²) in [6.45, 7) is 0.304. The lowest BCUT2D eigenvalue weighted by molar-refractivity contribution is -0.122. The number of aromatic nitrogens is 2. The van der Waals surface area contributed by atoms with E-state index in [1.165, 1.54) is 36.0 Å². The molecule has 3 amide bonds. The van der Waals surface area contributed by atoms with Crippen molar-refractivity contribution in [1.29, 1.82) is 0 Å². The molecule has 1 atom stereocenters. The van der Waals surface area contributed by atoms with Crippen molar-refractivity contribution in [3.63, 3.8) is 0 Å². The molecule has 164 valence electrons. The summed E-state index contributed by atoms with van der Waals surface area (Å²) in [5.74, 6) is -1.44. The molecule has 2 heterocycles. The van der Waals surface area contributed by atoms with Crippen LogP contribution in [0.2, 0.25) is 0 Å². The lowest BCUT2D eigenvalue weighted by Gasteiger charge is -2.16. The van der Waals surface area contributed by atoms with Crippen LogP contribution in [-0.2, 0) is 14.4 Å². The van der Waals surface area contributed by atoms with Crippen molar-refractivity contribution in [3.8, 4) is 0 Å². The summed E-state index contributed by atoms with van der Waals surface area (Å²) >= 11 is 2.32. The predicted molar refractivity (Wildman–Crippen MR) is 121 cm³/mol. The van der Waals surface area contributed by atoms with Gasteiger partial charge in [-0.2, -0.15) is 0 Å². The van der Waals surface area contributed by atoms with Crippen LogP contribution in [0.1, 0.15) is 6.42 Å². The Morgan fingerprint density at radius 2 is 1.84 bits per heavy atom. The van der Waals surface area contributed by atoms with E-state index in [9.17, 15) is 18.8 Å². The van der Waals surface area contributed by atoms with E-state index >= 15 is 0 Å². The van der Waals surface area contributed by atoms with Gasteiger partial charge in [-0.25, -0.2) is 4.39 Å². The Balaban J connectivity index is 1.26. The van der Waals surface area contributed by atoms with Gasteiger partial charge < -0.3 is 15.5 Å². The highest BCUT2D eigenvalue weighted by Gasteiger charge is 2.35. The number of nitrogens with zero attached hydrogens (tertiary/aromatic N) is 3. The Morgan fingerprint density at radius 3 is 2.59 bits per heavy atom. The molecule has 1 aliphatic rings. The van der Waals surface area contributed by atoms with E-state index in [0.29, 0.717) is 21.7 Å². The first-order chi connectivity index (χ1) is 15.5. The van der Waals surface area contributed by atoms with Crippen LogP contribution in [-0.4, -0.2) is 40.2 Å². The van der Waals surface area contributed by atoms with Crippen molar-refractivity contribution < 1.29 is 18.8 Å². The molecule has 0 saturated carbocycles. The number of nitrogens with one attached hydrogen (secondary N) is 2. The molecule has 0 radical (unpaired) electrons. The van der Waals surface area contributed by atoms with Crippen molar-refractivity contribution in [2.24, 2.45) is 5.92 Å².